The van der Waals surface area contributed by atoms with Gasteiger partial charge in [0.05, 0.1) is 28.4 Å². The summed E-state index contributed by atoms with van der Waals surface area (Å²) in [7, 11) is 0. The van der Waals surface area contributed by atoms with Gasteiger partial charge in [0.25, 0.3) is 5.91 Å². The van der Waals surface area contributed by atoms with Crippen LogP contribution in [-0.4, -0.2) is 43.6 Å². The number of aliphatic hydroxyl groups is 1. The molecule has 4 N–H and O–H groups in total. The number of primary amides is 1. The van der Waals surface area contributed by atoms with Crippen molar-refractivity contribution in [1.29, 1.82) is 0 Å². The molecule has 3 aromatic rings. The molecular weight excluding hydrogens is 468 g/mol. The molecule has 1 atom stereocenters. The Morgan fingerprint density at radius 1 is 1.24 bits per heavy atom. The van der Waals surface area contributed by atoms with Gasteiger partial charge in [0.1, 0.15) is 17.3 Å². The number of alkyl halides is 3. The third-order valence-electron chi connectivity index (χ3n) is 5.16. The molecule has 0 radical (unpaired) electrons. The Balaban J connectivity index is 1.60. The Morgan fingerprint density at radius 2 is 2.00 bits per heavy atom. The second-order valence-corrected chi connectivity index (χ2v) is 7.71. The first-order valence-electron chi connectivity index (χ1n) is 9.61. The van der Waals surface area contributed by atoms with Gasteiger partial charge >= 0.3 is 6.18 Å². The van der Waals surface area contributed by atoms with Crippen LogP contribution in [0.5, 0.6) is 0 Å². The molecule has 13 heteroatoms. The van der Waals surface area contributed by atoms with E-state index in [1.807, 2.05) is 0 Å². The molecule has 3 heterocycles. The fraction of sp³-hybridized carbons (Fsp3) is 0.250. The van der Waals surface area contributed by atoms with E-state index in [1.54, 1.807) is 4.68 Å². The number of rotatable bonds is 5. The summed E-state index contributed by atoms with van der Waals surface area (Å²) in [5.74, 6) is -1.59. The van der Waals surface area contributed by atoms with E-state index in [0.717, 1.165) is 24.4 Å². The lowest BCUT2D eigenvalue weighted by molar-refractivity contribution is -0.137. The molecular formula is C20H17ClF4N6O2. The molecule has 1 unspecified atom stereocenters. The van der Waals surface area contributed by atoms with Crippen molar-refractivity contribution in [3.63, 3.8) is 0 Å². The largest absolute Gasteiger partial charge is 0.416 e. The molecule has 0 bridgehead atoms. The summed E-state index contributed by atoms with van der Waals surface area (Å²) >= 11 is 5.85. The second kappa shape index (κ2) is 8.61. The molecule has 1 amide bonds. The highest BCUT2D eigenvalue weighted by Gasteiger charge is 2.32. The van der Waals surface area contributed by atoms with Gasteiger partial charge in [-0.15, -0.1) is 0 Å². The van der Waals surface area contributed by atoms with Crippen molar-refractivity contribution >= 4 is 23.3 Å². The number of nitrogens with one attached hydrogen (secondary N) is 1. The van der Waals surface area contributed by atoms with Crippen LogP contribution in [0.4, 0.5) is 23.4 Å². The number of carbonyl (C=O) groups excluding carboxylic acids is 1. The fourth-order valence-electron chi connectivity index (χ4n) is 3.56. The molecule has 0 saturated heterocycles. The topological polar surface area (TPSA) is 109 Å². The molecule has 2 aromatic heterocycles. The van der Waals surface area contributed by atoms with Gasteiger partial charge in [0.15, 0.2) is 6.35 Å². The summed E-state index contributed by atoms with van der Waals surface area (Å²) in [6, 6.07) is 5.48. The van der Waals surface area contributed by atoms with Crippen molar-refractivity contribution in [3.05, 3.63) is 64.2 Å². The normalized spacial score (nSPS) is 15.2. The lowest BCUT2D eigenvalue weighted by atomic mass is 10.0. The van der Waals surface area contributed by atoms with Crippen molar-refractivity contribution in [2.75, 3.05) is 11.9 Å². The van der Waals surface area contributed by atoms with Crippen LogP contribution in [0, 0.1) is 5.82 Å². The molecule has 174 valence electrons. The van der Waals surface area contributed by atoms with Crippen molar-refractivity contribution in [2.45, 2.75) is 25.6 Å². The first-order valence-corrected chi connectivity index (χ1v) is 9.99. The summed E-state index contributed by atoms with van der Waals surface area (Å²) in [4.78, 5) is 17.5. The number of benzene rings is 1. The highest BCUT2D eigenvalue weighted by atomic mass is 35.5. The third kappa shape index (κ3) is 4.63. The number of pyridine rings is 1. The number of nitrogens with two attached hydrogens (primary N) is 1. The number of hydrogen-bond donors (Lipinski definition) is 3. The van der Waals surface area contributed by atoms with Gasteiger partial charge in [-0.25, -0.2) is 9.37 Å². The predicted molar refractivity (Wildman–Crippen MR) is 110 cm³/mol. The maximum atomic E-state index is 13.6. The number of carbonyl (C=O) groups is 1. The van der Waals surface area contributed by atoms with Crippen LogP contribution in [0.1, 0.15) is 21.6 Å². The zero-order chi connectivity index (χ0) is 23.9. The maximum absolute atomic E-state index is 13.6. The smallest absolute Gasteiger partial charge is 0.365 e. The third-order valence-corrected chi connectivity index (χ3v) is 5.45. The van der Waals surface area contributed by atoms with Crippen LogP contribution in [0.3, 0.4) is 0 Å². The lowest BCUT2D eigenvalue weighted by Gasteiger charge is -2.32. The van der Waals surface area contributed by atoms with E-state index in [-0.39, 0.29) is 41.7 Å². The molecule has 8 nitrogen and oxygen atoms in total. The average molecular weight is 485 g/mol. The minimum Gasteiger partial charge on any atom is -0.365 e. The van der Waals surface area contributed by atoms with E-state index >= 15 is 0 Å². The van der Waals surface area contributed by atoms with E-state index in [1.165, 1.54) is 17.0 Å². The number of halogens is 5. The van der Waals surface area contributed by atoms with Gasteiger partial charge < -0.3 is 16.2 Å². The average Bonchev–Trinajstić information content (AvgIpc) is 3.14. The minimum atomic E-state index is -4.56. The van der Waals surface area contributed by atoms with E-state index in [2.05, 4.69) is 15.4 Å². The number of aliphatic hydroxyl groups excluding tert-OH is 1. The van der Waals surface area contributed by atoms with E-state index in [4.69, 9.17) is 17.3 Å². The molecule has 1 aliphatic rings. The first-order chi connectivity index (χ1) is 15.5. The molecule has 0 aliphatic carbocycles. The van der Waals surface area contributed by atoms with E-state index in [9.17, 15) is 27.5 Å². The molecule has 0 saturated carbocycles. The van der Waals surface area contributed by atoms with Gasteiger partial charge in [-0.05, 0) is 30.3 Å². The minimum absolute atomic E-state index is 0.00727. The highest BCUT2D eigenvalue weighted by Crippen LogP contribution is 2.32. The first kappa shape index (κ1) is 23.0. The molecule has 1 aliphatic heterocycles. The van der Waals surface area contributed by atoms with Crippen LogP contribution in [0.15, 0.2) is 36.5 Å². The van der Waals surface area contributed by atoms with Gasteiger partial charge in [-0.2, -0.15) is 18.3 Å². The van der Waals surface area contributed by atoms with Crippen molar-refractivity contribution < 1.29 is 27.5 Å². The van der Waals surface area contributed by atoms with Gasteiger partial charge in [0.2, 0.25) is 0 Å². The Morgan fingerprint density at radius 3 is 2.67 bits per heavy atom. The SMILES string of the molecule is NC(=O)c1c(-c2ccc(F)c(Cl)c2)nn2c1CN(C(O)Nc1cc(C(F)(F)F)ccn1)CC2. The summed E-state index contributed by atoms with van der Waals surface area (Å²) in [5.41, 5.74) is 5.73. The predicted octanol–water partition coefficient (Wildman–Crippen LogP) is 3.06. The molecule has 0 fully saturated rings. The highest BCUT2D eigenvalue weighted by molar-refractivity contribution is 6.31. The Hall–Kier alpha value is -3.22. The maximum Gasteiger partial charge on any atom is 0.416 e. The van der Waals surface area contributed by atoms with Crippen molar-refractivity contribution in [1.82, 2.24) is 19.7 Å². The fourth-order valence-corrected chi connectivity index (χ4v) is 3.74. The molecule has 1 aromatic carbocycles. The molecule has 0 spiro atoms. The standard InChI is InChI=1S/C20H17ClF4N6O2/c21-12-7-10(1-2-13(12)22)17-16(18(26)32)14-9-30(5-6-31(14)29-17)19(33)28-15-8-11(3-4-27-15)20(23,24)25/h1-4,7-8,19,33H,5-6,9H2,(H2,26,32)(H,27,28). The number of nitrogens with zero attached hydrogens (tertiary/aromatic N) is 4. The van der Waals surface area contributed by atoms with Crippen LogP contribution in [0.2, 0.25) is 5.02 Å². The summed E-state index contributed by atoms with van der Waals surface area (Å²) < 4.78 is 53.9. The van der Waals surface area contributed by atoms with Gasteiger partial charge in [-0.3, -0.25) is 14.4 Å². The number of fused-ring (bicyclic) bond motifs is 1. The zero-order valence-corrected chi connectivity index (χ0v) is 17.5. The molecule has 4 rings (SSSR count). The van der Waals surface area contributed by atoms with E-state index < -0.39 is 29.8 Å². The summed E-state index contributed by atoms with van der Waals surface area (Å²) in [6.07, 6.45) is -4.99. The van der Waals surface area contributed by atoms with Crippen molar-refractivity contribution in [2.24, 2.45) is 5.73 Å². The van der Waals surface area contributed by atoms with Crippen LogP contribution >= 0.6 is 11.6 Å². The Bertz CT molecular complexity index is 1220. The zero-order valence-electron chi connectivity index (χ0n) is 16.8. The Kier molecular flexibility index (Phi) is 5.99. The summed E-state index contributed by atoms with van der Waals surface area (Å²) in [5, 5.41) is 17.3. The summed E-state index contributed by atoms with van der Waals surface area (Å²) in [6.45, 7) is 0.510. The van der Waals surface area contributed by atoms with Crippen molar-refractivity contribution in [3.8, 4) is 11.3 Å². The number of hydrogen-bond acceptors (Lipinski definition) is 6. The van der Waals surface area contributed by atoms with Gasteiger partial charge in [-0.1, -0.05) is 11.6 Å². The monoisotopic (exact) mass is 484 g/mol. The quantitative estimate of drug-likeness (QED) is 0.379. The number of anilines is 1. The second-order valence-electron chi connectivity index (χ2n) is 7.30. The Labute approximate surface area is 189 Å². The van der Waals surface area contributed by atoms with Crippen LogP contribution in [0.25, 0.3) is 11.3 Å². The number of aromatic nitrogens is 3. The van der Waals surface area contributed by atoms with Crippen LogP contribution in [-0.2, 0) is 19.3 Å². The lowest BCUT2D eigenvalue weighted by Crippen LogP contribution is -2.45. The molecule has 33 heavy (non-hydrogen) atoms. The van der Waals surface area contributed by atoms with E-state index in [0.29, 0.717) is 11.3 Å². The van der Waals surface area contributed by atoms with Gasteiger partial charge in [0, 0.05) is 24.8 Å². The number of amides is 1. The van der Waals surface area contributed by atoms with Crippen LogP contribution < -0.4 is 11.1 Å².